The molecule has 4 heteroatoms. The van der Waals surface area contributed by atoms with Gasteiger partial charge in [-0.05, 0) is 31.5 Å². The van der Waals surface area contributed by atoms with Crippen molar-refractivity contribution in [2.45, 2.75) is 71.8 Å². The third-order valence-corrected chi connectivity index (χ3v) is 3.81. The van der Waals surface area contributed by atoms with Gasteiger partial charge < -0.3 is 11.5 Å². The first-order chi connectivity index (χ1) is 10.7. The number of benzene rings is 1. The first kappa shape index (κ1) is 22.6. The Morgan fingerprint density at radius 2 is 1.78 bits per heavy atom. The molecule has 0 bridgehead atoms. The van der Waals surface area contributed by atoms with Gasteiger partial charge in [-0.15, -0.1) is 0 Å². The van der Waals surface area contributed by atoms with Gasteiger partial charge in [0.05, 0.1) is 0 Å². The Hall–Kier alpha value is -0.350. The first-order valence-corrected chi connectivity index (χ1v) is 8.62. The van der Waals surface area contributed by atoms with E-state index in [1.54, 1.807) is 0 Å². The summed E-state index contributed by atoms with van der Waals surface area (Å²) in [5.74, 6) is 0.405. The van der Waals surface area contributed by atoms with Crippen LogP contribution in [0.5, 0.6) is 5.75 Å². The number of ether oxygens (including phenoxy) is 1. The molecule has 0 radical (unpaired) electrons. The second-order valence-corrected chi connectivity index (χ2v) is 5.94. The van der Waals surface area contributed by atoms with Crippen LogP contribution in [0.25, 0.3) is 0 Å². The maximum absolute atomic E-state index is 11.1. The Morgan fingerprint density at radius 1 is 1.13 bits per heavy atom. The number of esters is 1. The molecule has 0 atom stereocenters. The SMILES string of the molecule is CCCCCCCCCc1ccc(OC(C)=O)c(CNC)c1.[H-].[Na+]. The summed E-state index contributed by atoms with van der Waals surface area (Å²) < 4.78 is 5.25. The van der Waals surface area contributed by atoms with Gasteiger partial charge in [0.15, 0.2) is 0 Å². The Bertz CT molecular complexity index is 455. The summed E-state index contributed by atoms with van der Waals surface area (Å²) >= 11 is 0. The molecule has 3 nitrogen and oxygen atoms in total. The number of carbonyl (C=O) groups excluding carboxylic acids is 1. The van der Waals surface area contributed by atoms with Gasteiger partial charge in [-0.1, -0.05) is 57.6 Å². The topological polar surface area (TPSA) is 38.3 Å². The number of hydrogen-bond acceptors (Lipinski definition) is 3. The Morgan fingerprint density at radius 3 is 2.39 bits per heavy atom. The third kappa shape index (κ3) is 10.2. The normalized spacial score (nSPS) is 10.2. The molecule has 0 fully saturated rings. The molecule has 0 unspecified atom stereocenters. The van der Waals surface area contributed by atoms with Gasteiger partial charge in [0.25, 0.3) is 0 Å². The van der Waals surface area contributed by atoms with Crippen LogP contribution in [0, 0.1) is 0 Å². The van der Waals surface area contributed by atoms with E-state index >= 15 is 0 Å². The summed E-state index contributed by atoms with van der Waals surface area (Å²) in [5.41, 5.74) is 2.38. The van der Waals surface area contributed by atoms with Gasteiger partial charge in [-0.2, -0.15) is 0 Å². The van der Waals surface area contributed by atoms with Gasteiger partial charge in [0.2, 0.25) is 0 Å². The van der Waals surface area contributed by atoms with Crippen LogP contribution in [-0.4, -0.2) is 13.0 Å². The van der Waals surface area contributed by atoms with Crippen molar-refractivity contribution in [1.82, 2.24) is 5.32 Å². The van der Waals surface area contributed by atoms with E-state index in [0.717, 1.165) is 12.0 Å². The number of rotatable bonds is 11. The molecule has 0 amide bonds. The van der Waals surface area contributed by atoms with Gasteiger partial charge in [0.1, 0.15) is 5.75 Å². The molecule has 0 aliphatic carbocycles. The minimum absolute atomic E-state index is 0. The largest absolute Gasteiger partial charge is 1.00 e. The molecule has 0 saturated heterocycles. The van der Waals surface area contributed by atoms with Crippen molar-refractivity contribution >= 4 is 5.97 Å². The number of hydrogen-bond donors (Lipinski definition) is 1. The molecule has 1 aromatic carbocycles. The minimum atomic E-state index is -0.266. The second kappa shape index (κ2) is 14.0. The fraction of sp³-hybridized carbons (Fsp3) is 0.632. The van der Waals surface area contributed by atoms with Crippen molar-refractivity contribution in [2.24, 2.45) is 0 Å². The van der Waals surface area contributed by atoms with Crippen LogP contribution in [0.1, 0.15) is 71.3 Å². The predicted molar refractivity (Wildman–Crippen MR) is 93.3 cm³/mol. The molecular formula is C19H32NNaO2. The zero-order valence-corrected chi connectivity index (χ0v) is 17.4. The fourth-order valence-electron chi connectivity index (χ4n) is 2.66. The van der Waals surface area contributed by atoms with Gasteiger partial charge in [-0.25, -0.2) is 0 Å². The first-order valence-electron chi connectivity index (χ1n) is 8.62. The van der Waals surface area contributed by atoms with Crippen LogP contribution in [-0.2, 0) is 17.8 Å². The average Bonchev–Trinajstić information content (AvgIpc) is 2.48. The van der Waals surface area contributed by atoms with Crippen LogP contribution >= 0.6 is 0 Å². The molecule has 0 saturated carbocycles. The molecule has 0 aliphatic heterocycles. The number of aryl methyl sites for hydroxylation is 1. The van der Waals surface area contributed by atoms with Gasteiger partial charge >= 0.3 is 35.5 Å². The van der Waals surface area contributed by atoms with E-state index in [1.165, 1.54) is 57.4 Å². The summed E-state index contributed by atoms with van der Waals surface area (Å²) in [6.45, 7) is 4.41. The van der Waals surface area contributed by atoms with Crippen molar-refractivity contribution in [2.75, 3.05) is 7.05 Å². The number of nitrogens with one attached hydrogen (secondary N) is 1. The molecule has 23 heavy (non-hydrogen) atoms. The van der Waals surface area contributed by atoms with E-state index in [4.69, 9.17) is 4.74 Å². The molecule has 126 valence electrons. The van der Waals surface area contributed by atoms with E-state index < -0.39 is 0 Å². The maximum atomic E-state index is 11.1. The van der Waals surface area contributed by atoms with Crippen molar-refractivity contribution in [1.29, 1.82) is 0 Å². The van der Waals surface area contributed by atoms with E-state index in [0.29, 0.717) is 12.3 Å². The molecule has 0 aromatic heterocycles. The third-order valence-electron chi connectivity index (χ3n) is 3.81. The molecule has 0 aliphatic rings. The van der Waals surface area contributed by atoms with E-state index in [-0.39, 0.29) is 37.0 Å². The number of unbranched alkanes of at least 4 members (excludes halogenated alkanes) is 6. The smallest absolute Gasteiger partial charge is 1.00 e. The van der Waals surface area contributed by atoms with Crippen LogP contribution in [0.2, 0.25) is 0 Å². The fourth-order valence-corrected chi connectivity index (χ4v) is 2.66. The van der Waals surface area contributed by atoms with E-state index in [1.807, 2.05) is 13.1 Å². The molecule has 1 N–H and O–H groups in total. The summed E-state index contributed by atoms with van der Waals surface area (Å²) in [4.78, 5) is 11.1. The quantitative estimate of drug-likeness (QED) is 0.291. The minimum Gasteiger partial charge on any atom is -1.00 e. The van der Waals surface area contributed by atoms with Gasteiger partial charge in [0, 0.05) is 19.0 Å². The summed E-state index contributed by atoms with van der Waals surface area (Å²) in [6, 6.07) is 6.16. The zero-order chi connectivity index (χ0) is 16.2. The molecule has 0 heterocycles. The maximum Gasteiger partial charge on any atom is 1.00 e. The monoisotopic (exact) mass is 329 g/mol. The summed E-state index contributed by atoms with van der Waals surface area (Å²) in [5, 5.41) is 3.13. The van der Waals surface area contributed by atoms with Crippen molar-refractivity contribution in [3.05, 3.63) is 29.3 Å². The Labute approximate surface area is 165 Å². The van der Waals surface area contributed by atoms with Crippen LogP contribution in [0.3, 0.4) is 0 Å². The molecular weight excluding hydrogens is 297 g/mol. The standard InChI is InChI=1S/C19H31NO2.Na.H/c1-4-5-6-7-8-9-10-11-17-12-13-19(22-16(2)21)18(14-17)15-20-3;;/h12-14,20H,4-11,15H2,1-3H3;;/q;+1;-1. The zero-order valence-electron chi connectivity index (χ0n) is 16.4. The number of carbonyl (C=O) groups is 1. The molecule has 1 rings (SSSR count). The summed E-state index contributed by atoms with van der Waals surface area (Å²) in [7, 11) is 1.90. The Kier molecular flexibility index (Phi) is 13.8. The van der Waals surface area contributed by atoms with Crippen molar-refractivity contribution < 1.29 is 40.5 Å². The molecule has 1 aromatic rings. The van der Waals surface area contributed by atoms with E-state index in [9.17, 15) is 4.79 Å². The Balaban J connectivity index is 0. The van der Waals surface area contributed by atoms with Gasteiger partial charge in [-0.3, -0.25) is 4.79 Å². The average molecular weight is 329 g/mol. The van der Waals surface area contributed by atoms with E-state index in [2.05, 4.69) is 24.4 Å². The summed E-state index contributed by atoms with van der Waals surface area (Å²) in [6.07, 6.45) is 10.4. The second-order valence-electron chi connectivity index (χ2n) is 5.94. The van der Waals surface area contributed by atoms with Crippen LogP contribution in [0.4, 0.5) is 0 Å². The van der Waals surface area contributed by atoms with Crippen LogP contribution in [0.15, 0.2) is 18.2 Å². The predicted octanol–water partition coefficient (Wildman–Crippen LogP) is 1.74. The van der Waals surface area contributed by atoms with Crippen molar-refractivity contribution in [3.63, 3.8) is 0 Å². The molecule has 0 spiro atoms. The van der Waals surface area contributed by atoms with Crippen molar-refractivity contribution in [3.8, 4) is 5.75 Å². The van der Waals surface area contributed by atoms with Crippen LogP contribution < -0.4 is 39.6 Å².